The lowest BCUT2D eigenvalue weighted by molar-refractivity contribution is -0.145. The first-order chi connectivity index (χ1) is 11.5. The Morgan fingerprint density at radius 1 is 1.48 bits per heavy atom. The predicted molar refractivity (Wildman–Crippen MR) is 111 cm³/mol. The summed E-state index contributed by atoms with van der Waals surface area (Å²) in [6.07, 6.45) is 0.752. The maximum absolute atomic E-state index is 13.2. The summed E-state index contributed by atoms with van der Waals surface area (Å²) in [4.78, 5) is 18.2. The Balaban J connectivity index is 0.00000312. The Labute approximate surface area is 173 Å². The highest BCUT2D eigenvalue weighted by Gasteiger charge is 2.36. The van der Waals surface area contributed by atoms with Gasteiger partial charge in [-0.05, 0) is 46.0 Å². The lowest BCUT2D eigenvalue weighted by Crippen LogP contribution is -2.41. The highest BCUT2D eigenvalue weighted by atomic mass is 127. The molecule has 25 heavy (non-hydrogen) atoms. The maximum Gasteiger partial charge on any atom is 0.310 e. The second-order valence-corrected chi connectivity index (χ2v) is 6.84. The SMILES string of the molecule is CN=C(NCCc1ccc(F)c(Br)c1)N1CC(C)C(C(=O)OC)C1.I. The first-order valence-corrected chi connectivity index (χ1v) is 8.73. The van der Waals surface area contributed by atoms with Crippen LogP contribution in [0.25, 0.3) is 0 Å². The minimum absolute atomic E-state index is 0. The van der Waals surface area contributed by atoms with Gasteiger partial charge in [0.05, 0.1) is 17.5 Å². The molecule has 0 spiro atoms. The number of aliphatic imine (C=N–C) groups is 1. The molecule has 0 saturated carbocycles. The molecular weight excluding hydrogens is 504 g/mol. The number of ether oxygens (including phenoxy) is 1. The number of rotatable bonds is 4. The number of guanidine groups is 1. The van der Waals surface area contributed by atoms with E-state index in [0.717, 1.165) is 24.5 Å². The Morgan fingerprint density at radius 2 is 2.20 bits per heavy atom. The third kappa shape index (κ3) is 5.80. The number of likely N-dealkylation sites (tertiary alicyclic amines) is 1. The Morgan fingerprint density at radius 3 is 2.80 bits per heavy atom. The third-order valence-electron chi connectivity index (χ3n) is 4.31. The largest absolute Gasteiger partial charge is 0.469 e. The molecule has 5 nitrogen and oxygen atoms in total. The van der Waals surface area contributed by atoms with Crippen molar-refractivity contribution in [2.75, 3.05) is 33.8 Å². The number of benzene rings is 1. The minimum Gasteiger partial charge on any atom is -0.469 e. The van der Waals surface area contributed by atoms with Crippen LogP contribution in [0.4, 0.5) is 4.39 Å². The molecule has 1 aromatic carbocycles. The summed E-state index contributed by atoms with van der Waals surface area (Å²) in [5.41, 5.74) is 1.04. The fourth-order valence-electron chi connectivity index (χ4n) is 2.94. The van der Waals surface area contributed by atoms with Crippen molar-refractivity contribution < 1.29 is 13.9 Å². The first kappa shape index (κ1) is 22.1. The zero-order valence-electron chi connectivity index (χ0n) is 14.6. The highest BCUT2D eigenvalue weighted by Crippen LogP contribution is 2.24. The van der Waals surface area contributed by atoms with Crippen LogP contribution in [0, 0.1) is 17.7 Å². The zero-order chi connectivity index (χ0) is 17.7. The van der Waals surface area contributed by atoms with E-state index in [-0.39, 0.29) is 47.6 Å². The van der Waals surface area contributed by atoms with Crippen LogP contribution in [0.5, 0.6) is 0 Å². The van der Waals surface area contributed by atoms with Crippen molar-refractivity contribution in [3.63, 3.8) is 0 Å². The van der Waals surface area contributed by atoms with Crippen molar-refractivity contribution in [1.29, 1.82) is 0 Å². The number of nitrogens with zero attached hydrogens (tertiary/aromatic N) is 2. The van der Waals surface area contributed by atoms with E-state index < -0.39 is 0 Å². The number of methoxy groups -OCH3 is 1. The fraction of sp³-hybridized carbons (Fsp3) is 0.529. The average molecular weight is 528 g/mol. The molecule has 0 aromatic heterocycles. The first-order valence-electron chi connectivity index (χ1n) is 7.93. The van der Waals surface area contributed by atoms with Gasteiger partial charge in [-0.2, -0.15) is 0 Å². The van der Waals surface area contributed by atoms with Crippen molar-refractivity contribution in [3.05, 3.63) is 34.1 Å². The molecule has 140 valence electrons. The molecule has 1 N–H and O–H groups in total. The topological polar surface area (TPSA) is 53.9 Å². The zero-order valence-corrected chi connectivity index (χ0v) is 18.5. The van der Waals surface area contributed by atoms with Crippen molar-refractivity contribution in [3.8, 4) is 0 Å². The molecule has 8 heteroatoms. The van der Waals surface area contributed by atoms with Crippen LogP contribution in [0.1, 0.15) is 12.5 Å². The van der Waals surface area contributed by atoms with Crippen LogP contribution in [-0.2, 0) is 16.0 Å². The molecule has 0 aliphatic carbocycles. The minimum atomic E-state index is -0.262. The third-order valence-corrected chi connectivity index (χ3v) is 4.92. The predicted octanol–water partition coefficient (Wildman–Crippen LogP) is 3.07. The fourth-order valence-corrected chi connectivity index (χ4v) is 3.37. The van der Waals surface area contributed by atoms with Gasteiger partial charge in [-0.25, -0.2) is 4.39 Å². The summed E-state index contributed by atoms with van der Waals surface area (Å²) in [5, 5.41) is 3.31. The normalized spacial score (nSPS) is 20.2. The Bertz CT molecular complexity index is 630. The molecular formula is C17H24BrFIN3O2. The molecule has 1 heterocycles. The summed E-state index contributed by atoms with van der Waals surface area (Å²) >= 11 is 3.20. The van der Waals surface area contributed by atoms with E-state index in [1.807, 2.05) is 6.92 Å². The van der Waals surface area contributed by atoms with Crippen LogP contribution < -0.4 is 5.32 Å². The molecule has 2 unspecified atom stereocenters. The van der Waals surface area contributed by atoms with E-state index in [1.54, 1.807) is 19.2 Å². The molecule has 1 aromatic rings. The van der Waals surface area contributed by atoms with Crippen LogP contribution in [-0.4, -0.2) is 50.6 Å². The van der Waals surface area contributed by atoms with Crippen LogP contribution in [0.15, 0.2) is 27.7 Å². The van der Waals surface area contributed by atoms with Crippen LogP contribution in [0.3, 0.4) is 0 Å². The molecule has 2 atom stereocenters. The van der Waals surface area contributed by atoms with Crippen molar-refractivity contribution in [1.82, 2.24) is 10.2 Å². The quantitative estimate of drug-likeness (QED) is 0.283. The number of hydrogen-bond acceptors (Lipinski definition) is 3. The van der Waals surface area contributed by atoms with Crippen LogP contribution in [0.2, 0.25) is 0 Å². The van der Waals surface area contributed by atoms with Gasteiger partial charge in [-0.3, -0.25) is 9.79 Å². The van der Waals surface area contributed by atoms with Crippen LogP contribution >= 0.6 is 39.9 Å². The van der Waals surface area contributed by atoms with E-state index in [4.69, 9.17) is 4.74 Å². The number of carbonyl (C=O) groups is 1. The van der Waals surface area contributed by atoms with Gasteiger partial charge >= 0.3 is 5.97 Å². The van der Waals surface area contributed by atoms with Gasteiger partial charge in [0.15, 0.2) is 5.96 Å². The Hall–Kier alpha value is -0.900. The van der Waals surface area contributed by atoms with Gasteiger partial charge in [0.1, 0.15) is 5.82 Å². The highest BCUT2D eigenvalue weighted by molar-refractivity contribution is 14.0. The molecule has 1 fully saturated rings. The summed E-state index contributed by atoms with van der Waals surface area (Å²) in [5.74, 6) is 0.444. The van der Waals surface area contributed by atoms with E-state index in [1.165, 1.54) is 13.2 Å². The lowest BCUT2D eigenvalue weighted by atomic mass is 9.99. The number of hydrogen-bond donors (Lipinski definition) is 1. The van der Waals surface area contributed by atoms with Crippen molar-refractivity contribution in [2.24, 2.45) is 16.8 Å². The second kappa shape index (κ2) is 10.3. The second-order valence-electron chi connectivity index (χ2n) is 5.98. The van der Waals surface area contributed by atoms with Gasteiger partial charge in [0.25, 0.3) is 0 Å². The molecule has 0 amide bonds. The number of carbonyl (C=O) groups excluding carboxylic acids is 1. The maximum atomic E-state index is 13.2. The smallest absolute Gasteiger partial charge is 0.310 e. The number of nitrogens with one attached hydrogen (secondary N) is 1. The molecule has 1 aliphatic heterocycles. The van der Waals surface area contributed by atoms with Gasteiger partial charge in [-0.1, -0.05) is 13.0 Å². The summed E-state index contributed by atoms with van der Waals surface area (Å²) in [6.45, 7) is 4.10. The standard InChI is InChI=1S/C17H23BrFN3O2.HI/c1-11-9-22(10-13(11)16(23)24-3)17(20-2)21-7-6-12-4-5-15(19)14(18)8-12;/h4-5,8,11,13H,6-7,9-10H2,1-3H3,(H,20,21);1H. The summed E-state index contributed by atoms with van der Waals surface area (Å²) < 4.78 is 18.6. The molecule has 0 bridgehead atoms. The molecule has 1 saturated heterocycles. The van der Waals surface area contributed by atoms with Crippen molar-refractivity contribution in [2.45, 2.75) is 13.3 Å². The summed E-state index contributed by atoms with van der Waals surface area (Å²) in [7, 11) is 3.15. The monoisotopic (exact) mass is 527 g/mol. The van der Waals surface area contributed by atoms with Gasteiger partial charge in [0.2, 0.25) is 0 Å². The van der Waals surface area contributed by atoms with E-state index in [2.05, 4.69) is 31.1 Å². The number of halogens is 3. The van der Waals surface area contributed by atoms with E-state index >= 15 is 0 Å². The molecule has 2 rings (SSSR count). The Kier molecular flexibility index (Phi) is 9.12. The van der Waals surface area contributed by atoms with E-state index in [0.29, 0.717) is 17.6 Å². The average Bonchev–Trinajstić information content (AvgIpc) is 2.95. The molecule has 0 radical (unpaired) electrons. The summed E-state index contributed by atoms with van der Waals surface area (Å²) in [6, 6.07) is 5.01. The van der Waals surface area contributed by atoms with Gasteiger partial charge in [-0.15, -0.1) is 24.0 Å². The number of esters is 1. The van der Waals surface area contributed by atoms with Crippen molar-refractivity contribution >= 4 is 51.8 Å². The van der Waals surface area contributed by atoms with Gasteiger partial charge < -0.3 is 15.0 Å². The molecule has 1 aliphatic rings. The van der Waals surface area contributed by atoms with Gasteiger partial charge in [0, 0.05) is 26.7 Å². The lowest BCUT2D eigenvalue weighted by Gasteiger charge is -2.21. The van der Waals surface area contributed by atoms with E-state index in [9.17, 15) is 9.18 Å².